The van der Waals surface area contributed by atoms with Crippen LogP contribution in [0.15, 0.2) is 119 Å². The van der Waals surface area contributed by atoms with Gasteiger partial charge in [-0.2, -0.15) is 0 Å². The Kier molecular flexibility index (Phi) is 15.5. The number of thioether (sulfide) groups is 1. The van der Waals surface area contributed by atoms with Crippen molar-refractivity contribution in [2.24, 2.45) is 0 Å². The number of aromatic nitrogens is 1. The van der Waals surface area contributed by atoms with Gasteiger partial charge in [-0.15, -0.1) is 23.1 Å². The Labute approximate surface area is 290 Å². The summed E-state index contributed by atoms with van der Waals surface area (Å²) in [5.41, 5.74) is 3.45. The number of carbonyl (C=O) groups is 2. The fourth-order valence-electron chi connectivity index (χ4n) is 4.62. The van der Waals surface area contributed by atoms with E-state index in [2.05, 4.69) is 32.8 Å². The van der Waals surface area contributed by atoms with Crippen molar-refractivity contribution < 1.29 is 27.9 Å². The molecule has 4 aromatic carbocycles. The molecular formula is C36H39N3O6S3. The fourth-order valence-corrected chi connectivity index (χ4v) is 7.55. The summed E-state index contributed by atoms with van der Waals surface area (Å²) < 4.78 is 33.9. The van der Waals surface area contributed by atoms with E-state index in [0.29, 0.717) is 23.8 Å². The van der Waals surface area contributed by atoms with Crippen LogP contribution in [-0.2, 0) is 27.9 Å². The minimum atomic E-state index is -4.08. The third kappa shape index (κ3) is 11.1. The number of amides is 1. The van der Waals surface area contributed by atoms with Gasteiger partial charge in [0.2, 0.25) is 0 Å². The summed E-state index contributed by atoms with van der Waals surface area (Å²) in [6, 6.07) is 34.5. The third-order valence-corrected chi connectivity index (χ3v) is 10.4. The molecule has 0 aliphatic heterocycles. The number of nitrogens with zero attached hydrogens (tertiary/aromatic N) is 2. The highest BCUT2D eigenvalue weighted by Gasteiger charge is 2.23. The van der Waals surface area contributed by atoms with Crippen molar-refractivity contribution in [2.45, 2.75) is 29.8 Å². The Hall–Kier alpha value is -4.33. The summed E-state index contributed by atoms with van der Waals surface area (Å²) in [6.07, 6.45) is 0. The third-order valence-electron chi connectivity index (χ3n) is 6.85. The number of aliphatic hydroxyl groups is 1. The molecule has 0 atom stereocenters. The molecule has 48 heavy (non-hydrogen) atoms. The second-order valence-electron chi connectivity index (χ2n) is 10.1. The van der Waals surface area contributed by atoms with Crippen molar-refractivity contribution in [3.63, 3.8) is 0 Å². The zero-order chi connectivity index (χ0) is 34.9. The first-order valence-electron chi connectivity index (χ1n) is 14.8. The van der Waals surface area contributed by atoms with Gasteiger partial charge in [0.25, 0.3) is 15.9 Å². The molecule has 12 heteroatoms. The summed E-state index contributed by atoms with van der Waals surface area (Å²) >= 11 is 2.97. The van der Waals surface area contributed by atoms with Crippen LogP contribution in [0.5, 0.6) is 5.75 Å². The van der Waals surface area contributed by atoms with Crippen LogP contribution >= 0.6 is 23.1 Å². The lowest BCUT2D eigenvalue weighted by atomic mass is 10.1. The molecular weight excluding hydrogens is 667 g/mol. The Morgan fingerprint density at radius 3 is 2.17 bits per heavy atom. The summed E-state index contributed by atoms with van der Waals surface area (Å²) in [6.45, 7) is 5.87. The number of hydrogen-bond donors (Lipinski definition) is 2. The van der Waals surface area contributed by atoms with E-state index >= 15 is 0 Å². The largest absolute Gasteiger partial charge is 0.497 e. The Balaban J connectivity index is 0.00000151. The van der Waals surface area contributed by atoms with Crippen LogP contribution in [-0.4, -0.2) is 62.6 Å². The topological polar surface area (TPSA) is 126 Å². The van der Waals surface area contributed by atoms with Gasteiger partial charge >= 0.3 is 0 Å². The first kappa shape index (κ1) is 38.1. The molecule has 0 saturated carbocycles. The normalized spacial score (nSPS) is 10.7. The van der Waals surface area contributed by atoms with Crippen molar-refractivity contribution >= 4 is 45.8 Å². The van der Waals surface area contributed by atoms with E-state index in [1.807, 2.05) is 73.5 Å². The van der Waals surface area contributed by atoms with Gasteiger partial charge in [-0.1, -0.05) is 72.8 Å². The highest BCUT2D eigenvalue weighted by Crippen LogP contribution is 2.28. The molecule has 9 nitrogen and oxygen atoms in total. The quantitative estimate of drug-likeness (QED) is 0.133. The number of ether oxygens (including phenoxy) is 1. The first-order valence-corrected chi connectivity index (χ1v) is 18.0. The van der Waals surface area contributed by atoms with E-state index in [1.165, 1.54) is 16.2 Å². The number of aryl methyl sites for hydroxylation is 1. The second kappa shape index (κ2) is 19.5. The molecule has 2 N–H and O–H groups in total. The molecule has 1 heterocycles. The van der Waals surface area contributed by atoms with Crippen molar-refractivity contribution in [3.05, 3.63) is 131 Å². The van der Waals surface area contributed by atoms with Gasteiger partial charge in [-0.25, -0.2) is 18.1 Å². The van der Waals surface area contributed by atoms with Crippen LogP contribution in [0.3, 0.4) is 0 Å². The van der Waals surface area contributed by atoms with E-state index < -0.39 is 15.9 Å². The number of hydrogen-bond acceptors (Lipinski definition) is 10. The average Bonchev–Trinajstić information content (AvgIpc) is 3.52. The average molecular weight is 706 g/mol. The molecule has 1 amide bonds. The summed E-state index contributed by atoms with van der Waals surface area (Å²) in [4.78, 5) is 29.3. The van der Waals surface area contributed by atoms with Crippen LogP contribution in [0.2, 0.25) is 0 Å². The maximum absolute atomic E-state index is 13.1. The van der Waals surface area contributed by atoms with Crippen LogP contribution in [0.4, 0.5) is 0 Å². The maximum Gasteiger partial charge on any atom is 0.277 e. The first-order chi connectivity index (χ1) is 23.3. The summed E-state index contributed by atoms with van der Waals surface area (Å²) in [5.74, 6) is 1.02. The van der Waals surface area contributed by atoms with Crippen LogP contribution in [0.25, 0.3) is 10.6 Å². The van der Waals surface area contributed by atoms with Gasteiger partial charge in [0.05, 0.1) is 17.7 Å². The lowest BCUT2D eigenvalue weighted by Crippen LogP contribution is -2.30. The zero-order valence-corrected chi connectivity index (χ0v) is 29.5. The Morgan fingerprint density at radius 2 is 1.52 bits per heavy atom. The van der Waals surface area contributed by atoms with Gasteiger partial charge in [0, 0.05) is 43.0 Å². The molecule has 0 bridgehead atoms. The van der Waals surface area contributed by atoms with Crippen molar-refractivity contribution in [2.75, 3.05) is 26.5 Å². The number of carbonyl (C=O) groups excluding carboxylic acids is 2. The molecule has 252 valence electrons. The van der Waals surface area contributed by atoms with Gasteiger partial charge in [-0.3, -0.25) is 9.69 Å². The number of aliphatic hydroxyl groups excluding tert-OH is 1. The van der Waals surface area contributed by atoms with Crippen molar-refractivity contribution in [1.82, 2.24) is 14.6 Å². The van der Waals surface area contributed by atoms with Crippen molar-refractivity contribution in [1.29, 1.82) is 0 Å². The van der Waals surface area contributed by atoms with Gasteiger partial charge < -0.3 is 14.6 Å². The maximum atomic E-state index is 13.1. The number of rotatable bonds is 13. The van der Waals surface area contributed by atoms with Crippen molar-refractivity contribution in [3.8, 4) is 16.3 Å². The molecule has 5 aromatic rings. The van der Waals surface area contributed by atoms with E-state index in [-0.39, 0.29) is 9.77 Å². The van der Waals surface area contributed by atoms with Crippen LogP contribution in [0.1, 0.15) is 26.5 Å². The number of nitrogens with one attached hydrogen (secondary N) is 1. The standard InChI is InChI=1S/C34H33N3O4S3.CH4O.CH2O/c1-25-32(43-34(35-25)28-11-5-3-6-12-28)33(38)36-44(39,40)31-18-16-26(17-19-31)23-37(20-21-42-30-14-7-4-8-15-30)24-27-10-9-13-29(22-27)41-2;2*1-2/h3-19,22H,20-21,23-24H2,1-2H3,(H,36,38);2H,1H3;1H2. The fraction of sp³-hybridized carbons (Fsp3) is 0.194. The summed E-state index contributed by atoms with van der Waals surface area (Å²) in [7, 11) is -1.42. The molecule has 1 aromatic heterocycles. The predicted molar refractivity (Wildman–Crippen MR) is 193 cm³/mol. The molecule has 0 radical (unpaired) electrons. The van der Waals surface area contributed by atoms with E-state index in [4.69, 9.17) is 14.6 Å². The molecule has 5 rings (SSSR count). The Bertz CT molecular complexity index is 1820. The highest BCUT2D eigenvalue weighted by molar-refractivity contribution is 7.99. The monoisotopic (exact) mass is 705 g/mol. The van der Waals surface area contributed by atoms with Crippen LogP contribution < -0.4 is 9.46 Å². The molecule has 0 aliphatic rings. The summed E-state index contributed by atoms with van der Waals surface area (Å²) in [5, 5.41) is 7.66. The van der Waals surface area contributed by atoms with Crippen LogP contribution in [0, 0.1) is 6.92 Å². The smallest absolute Gasteiger partial charge is 0.277 e. The van der Waals surface area contributed by atoms with Gasteiger partial charge in [0.15, 0.2) is 0 Å². The number of methoxy groups -OCH3 is 1. The van der Waals surface area contributed by atoms with E-state index in [9.17, 15) is 13.2 Å². The Morgan fingerprint density at radius 1 is 0.896 bits per heavy atom. The lowest BCUT2D eigenvalue weighted by molar-refractivity contribution is -0.0980. The molecule has 0 unspecified atom stereocenters. The van der Waals surface area contributed by atoms with E-state index in [1.54, 1.807) is 50.1 Å². The highest BCUT2D eigenvalue weighted by atomic mass is 32.2. The van der Waals surface area contributed by atoms with E-state index in [0.717, 1.165) is 41.8 Å². The number of benzene rings is 4. The predicted octanol–water partition coefficient (Wildman–Crippen LogP) is 6.46. The lowest BCUT2D eigenvalue weighted by Gasteiger charge is -2.23. The molecule has 0 spiro atoms. The van der Waals surface area contributed by atoms with Gasteiger partial charge in [-0.05, 0) is 54.4 Å². The molecule has 0 aliphatic carbocycles. The molecule has 0 saturated heterocycles. The zero-order valence-electron chi connectivity index (χ0n) is 27.0. The minimum Gasteiger partial charge on any atom is -0.497 e. The number of sulfonamides is 1. The molecule has 0 fully saturated rings. The minimum absolute atomic E-state index is 0.0269. The SMILES string of the molecule is C=O.CO.COc1cccc(CN(CCSc2ccccc2)Cc2ccc(S(=O)(=O)NC(=O)c3sc(-c4ccccc4)nc3C)cc2)c1. The second-order valence-corrected chi connectivity index (χ2v) is 14.0. The number of thiazole rings is 1. The van der Waals surface area contributed by atoms with Gasteiger partial charge in [0.1, 0.15) is 22.4 Å².